The van der Waals surface area contributed by atoms with Gasteiger partial charge in [0, 0.05) is 5.39 Å². The number of hydrazone groups is 1. The van der Waals surface area contributed by atoms with Crippen LogP contribution in [0.5, 0.6) is 11.5 Å². The smallest absolute Gasteiger partial charge is 0.277 e. The van der Waals surface area contributed by atoms with E-state index in [9.17, 15) is 4.79 Å². The number of nitrogens with one attached hydrogen (secondary N) is 1. The maximum atomic E-state index is 11.9. The quantitative estimate of drug-likeness (QED) is 0.536. The third-order valence-electron chi connectivity index (χ3n) is 3.80. The zero-order valence-electron chi connectivity index (χ0n) is 14.9. The van der Waals surface area contributed by atoms with Crippen LogP contribution in [0.1, 0.15) is 18.2 Å². The molecule has 0 spiro atoms. The van der Waals surface area contributed by atoms with E-state index in [1.807, 2.05) is 24.3 Å². The second kappa shape index (κ2) is 8.06. The molecular formula is C20H17N3O4. The summed E-state index contributed by atoms with van der Waals surface area (Å²) in [6.45, 7) is 1.46. The first kappa shape index (κ1) is 18.0. The number of ether oxygens (including phenoxy) is 2. The molecule has 3 rings (SSSR count). The summed E-state index contributed by atoms with van der Waals surface area (Å²) in [5, 5.41) is 13.9. The summed E-state index contributed by atoms with van der Waals surface area (Å²) in [5.41, 5.74) is 3.89. The highest BCUT2D eigenvalue weighted by molar-refractivity contribution is 6.01. The van der Waals surface area contributed by atoms with Gasteiger partial charge in [-0.3, -0.25) is 4.79 Å². The van der Waals surface area contributed by atoms with E-state index in [0.29, 0.717) is 34.1 Å². The minimum Gasteiger partial charge on any atom is -0.493 e. The van der Waals surface area contributed by atoms with Gasteiger partial charge in [0.2, 0.25) is 0 Å². The zero-order chi connectivity index (χ0) is 19.2. The third kappa shape index (κ3) is 4.07. The zero-order valence-corrected chi connectivity index (χ0v) is 14.9. The average Bonchev–Trinajstić information content (AvgIpc) is 3.15. The van der Waals surface area contributed by atoms with Gasteiger partial charge in [0.05, 0.1) is 12.7 Å². The molecule has 7 nitrogen and oxygen atoms in total. The molecule has 0 aliphatic heterocycles. The standard InChI is InChI=1S/C20H17N3O4/c1-13(18-10-14-7-5-9-17(25-2)20(14)27-18)22-23-19(24)12-26-16-8-4-3-6-15(16)11-21/h3-10H,12H2,1-2H3,(H,23,24)/b22-13-. The predicted molar refractivity (Wildman–Crippen MR) is 99.8 cm³/mol. The summed E-state index contributed by atoms with van der Waals surface area (Å²) in [4.78, 5) is 11.9. The summed E-state index contributed by atoms with van der Waals surface area (Å²) in [6, 6.07) is 16.1. The van der Waals surface area contributed by atoms with E-state index >= 15 is 0 Å². The molecule has 3 aromatic rings. The van der Waals surface area contributed by atoms with Gasteiger partial charge in [-0.25, -0.2) is 5.43 Å². The Morgan fingerprint density at radius 2 is 2.00 bits per heavy atom. The molecule has 0 atom stereocenters. The van der Waals surface area contributed by atoms with E-state index < -0.39 is 5.91 Å². The van der Waals surface area contributed by atoms with Crippen molar-refractivity contribution in [3.8, 4) is 17.6 Å². The van der Waals surface area contributed by atoms with Crippen LogP contribution in [0.25, 0.3) is 11.0 Å². The van der Waals surface area contributed by atoms with E-state index in [-0.39, 0.29) is 6.61 Å². The summed E-state index contributed by atoms with van der Waals surface area (Å²) in [5.74, 6) is 1.04. The second-order valence-electron chi connectivity index (χ2n) is 5.62. The number of hydrogen-bond acceptors (Lipinski definition) is 6. The van der Waals surface area contributed by atoms with Crippen molar-refractivity contribution in [1.29, 1.82) is 5.26 Å². The first-order valence-electron chi connectivity index (χ1n) is 8.14. The first-order chi connectivity index (χ1) is 13.1. The molecule has 0 unspecified atom stereocenters. The number of carbonyl (C=O) groups excluding carboxylic acids is 1. The number of benzene rings is 2. The number of furan rings is 1. The van der Waals surface area contributed by atoms with E-state index in [1.54, 1.807) is 44.4 Å². The predicted octanol–water partition coefficient (Wildman–Crippen LogP) is 3.23. The second-order valence-corrected chi connectivity index (χ2v) is 5.62. The Morgan fingerprint density at radius 1 is 1.22 bits per heavy atom. The van der Waals surface area contributed by atoms with Crippen LogP contribution in [-0.4, -0.2) is 25.3 Å². The van der Waals surface area contributed by atoms with Crippen molar-refractivity contribution in [3.05, 3.63) is 59.9 Å². The molecule has 1 N–H and O–H groups in total. The Balaban J connectivity index is 1.65. The van der Waals surface area contributed by atoms with Crippen molar-refractivity contribution in [2.45, 2.75) is 6.92 Å². The largest absolute Gasteiger partial charge is 0.493 e. The third-order valence-corrected chi connectivity index (χ3v) is 3.80. The molecule has 0 aliphatic rings. The van der Waals surface area contributed by atoms with Crippen molar-refractivity contribution in [1.82, 2.24) is 5.43 Å². The summed E-state index contributed by atoms with van der Waals surface area (Å²) in [6.07, 6.45) is 0. The van der Waals surface area contributed by atoms with Crippen LogP contribution in [-0.2, 0) is 4.79 Å². The lowest BCUT2D eigenvalue weighted by Gasteiger charge is -2.06. The number of nitriles is 1. The molecule has 27 heavy (non-hydrogen) atoms. The highest BCUT2D eigenvalue weighted by atomic mass is 16.5. The molecule has 7 heteroatoms. The fraction of sp³-hybridized carbons (Fsp3) is 0.150. The maximum absolute atomic E-state index is 11.9. The van der Waals surface area contributed by atoms with E-state index in [0.717, 1.165) is 5.39 Å². The average molecular weight is 363 g/mol. The number of methoxy groups -OCH3 is 1. The van der Waals surface area contributed by atoms with E-state index in [2.05, 4.69) is 10.5 Å². The van der Waals surface area contributed by atoms with Crippen molar-refractivity contribution in [3.63, 3.8) is 0 Å². The van der Waals surface area contributed by atoms with Crippen LogP contribution in [0.4, 0.5) is 0 Å². The molecule has 136 valence electrons. The monoisotopic (exact) mass is 363 g/mol. The van der Waals surface area contributed by atoms with Crippen LogP contribution in [0.15, 0.2) is 58.0 Å². The lowest BCUT2D eigenvalue weighted by molar-refractivity contribution is -0.123. The van der Waals surface area contributed by atoms with Gasteiger partial charge in [-0.2, -0.15) is 10.4 Å². The number of fused-ring (bicyclic) bond motifs is 1. The number of amides is 1. The number of rotatable bonds is 6. The Morgan fingerprint density at radius 3 is 2.78 bits per heavy atom. The van der Waals surface area contributed by atoms with Crippen molar-refractivity contribution in [2.24, 2.45) is 5.10 Å². The van der Waals surface area contributed by atoms with Crippen molar-refractivity contribution in [2.75, 3.05) is 13.7 Å². The summed E-state index contributed by atoms with van der Waals surface area (Å²) < 4.78 is 16.4. The lowest BCUT2D eigenvalue weighted by atomic mass is 10.2. The summed E-state index contributed by atoms with van der Waals surface area (Å²) in [7, 11) is 1.57. The lowest BCUT2D eigenvalue weighted by Crippen LogP contribution is -2.25. The maximum Gasteiger partial charge on any atom is 0.277 e. The number of para-hydroxylation sites is 2. The molecule has 0 saturated carbocycles. The van der Waals surface area contributed by atoms with Crippen molar-refractivity contribution < 1.29 is 18.7 Å². The SMILES string of the molecule is COc1cccc2cc(/C(C)=N\NC(=O)COc3ccccc3C#N)oc12. The molecule has 0 radical (unpaired) electrons. The molecule has 1 heterocycles. The molecule has 1 amide bonds. The fourth-order valence-electron chi connectivity index (χ4n) is 2.44. The van der Waals surface area contributed by atoms with Crippen LogP contribution < -0.4 is 14.9 Å². The van der Waals surface area contributed by atoms with Gasteiger partial charge < -0.3 is 13.9 Å². The van der Waals surface area contributed by atoms with Gasteiger partial charge in [0.25, 0.3) is 5.91 Å². The van der Waals surface area contributed by atoms with E-state index in [4.69, 9.17) is 19.2 Å². The Kier molecular flexibility index (Phi) is 5.38. The molecule has 1 aromatic heterocycles. The molecule has 2 aromatic carbocycles. The van der Waals surface area contributed by atoms with E-state index in [1.165, 1.54) is 0 Å². The van der Waals surface area contributed by atoms with Gasteiger partial charge >= 0.3 is 0 Å². The van der Waals surface area contributed by atoms with Crippen LogP contribution in [0, 0.1) is 11.3 Å². The Hall–Kier alpha value is -3.79. The molecule has 0 saturated heterocycles. The number of carbonyl (C=O) groups is 1. The minimum atomic E-state index is -0.448. The highest BCUT2D eigenvalue weighted by Gasteiger charge is 2.11. The number of hydrogen-bond donors (Lipinski definition) is 1. The molecular weight excluding hydrogens is 346 g/mol. The molecule has 0 bridgehead atoms. The Bertz CT molecular complexity index is 1050. The van der Waals surface area contributed by atoms with Crippen LogP contribution >= 0.6 is 0 Å². The van der Waals surface area contributed by atoms with Crippen molar-refractivity contribution >= 4 is 22.6 Å². The van der Waals surface area contributed by atoms with Gasteiger partial charge in [-0.05, 0) is 31.2 Å². The van der Waals surface area contributed by atoms with Gasteiger partial charge in [-0.15, -0.1) is 0 Å². The van der Waals surface area contributed by atoms with Gasteiger partial charge in [0.1, 0.15) is 17.5 Å². The minimum absolute atomic E-state index is 0.260. The normalized spacial score (nSPS) is 11.1. The topological polar surface area (TPSA) is 96.9 Å². The fourth-order valence-corrected chi connectivity index (χ4v) is 2.44. The summed E-state index contributed by atoms with van der Waals surface area (Å²) >= 11 is 0. The van der Waals surface area contributed by atoms with Crippen LogP contribution in [0.3, 0.4) is 0 Å². The van der Waals surface area contributed by atoms with Gasteiger partial charge in [-0.1, -0.05) is 24.3 Å². The molecule has 0 aliphatic carbocycles. The molecule has 0 fully saturated rings. The highest BCUT2D eigenvalue weighted by Crippen LogP contribution is 2.28. The Labute approximate surface area is 155 Å². The van der Waals surface area contributed by atoms with Crippen LogP contribution in [0.2, 0.25) is 0 Å². The first-order valence-corrected chi connectivity index (χ1v) is 8.14. The number of nitrogens with zero attached hydrogens (tertiary/aromatic N) is 2. The van der Waals surface area contributed by atoms with Gasteiger partial charge in [0.15, 0.2) is 23.7 Å².